The van der Waals surface area contributed by atoms with Gasteiger partial charge in [-0.1, -0.05) is 0 Å². The summed E-state index contributed by atoms with van der Waals surface area (Å²) < 4.78 is 125. The van der Waals surface area contributed by atoms with Crippen LogP contribution in [0, 0.1) is 0 Å². The van der Waals surface area contributed by atoms with Gasteiger partial charge in [0.05, 0.1) is 84.3 Å². The van der Waals surface area contributed by atoms with E-state index in [2.05, 4.69) is 26.6 Å². The van der Waals surface area contributed by atoms with E-state index in [1.165, 1.54) is 6.92 Å². The molecule has 64 heteroatoms. The van der Waals surface area contributed by atoms with E-state index in [-0.39, 0.29) is 0 Å². The highest BCUT2D eigenvalue weighted by atomic mass is 16.8. The van der Waals surface area contributed by atoms with Crippen molar-refractivity contribution in [3.05, 3.63) is 0 Å². The summed E-state index contributed by atoms with van der Waals surface area (Å²) in [5, 5.41) is 369. The van der Waals surface area contributed by atoms with Crippen LogP contribution in [0.5, 0.6) is 0 Å². The smallest absolute Gasteiger partial charge is 0.364 e. The lowest BCUT2D eigenvalue weighted by molar-refractivity contribution is -0.399. The zero-order valence-electron chi connectivity index (χ0n) is 76.6. The Morgan fingerprint density at radius 2 is 0.650 bits per heavy atom. The molecule has 0 aliphatic carbocycles. The molecule has 0 aromatic heterocycles. The maximum Gasteiger partial charge on any atom is 0.364 e. The first-order valence-corrected chi connectivity index (χ1v) is 45.3. The number of aliphatic carboxylic acids is 1. The summed E-state index contributed by atoms with van der Waals surface area (Å²) >= 11 is 0. The van der Waals surface area contributed by atoms with E-state index in [4.69, 9.17) is 99.5 Å². The molecule has 64 nitrogen and oxygen atoms in total. The van der Waals surface area contributed by atoms with Crippen molar-refractivity contribution in [2.45, 2.75) is 384 Å². The second-order valence-corrected chi connectivity index (χ2v) is 36.0. The van der Waals surface area contributed by atoms with Crippen LogP contribution in [-0.4, -0.2) is 615 Å². The van der Waals surface area contributed by atoms with Gasteiger partial charge in [-0.2, -0.15) is 0 Å². The molecule has 143 heavy (non-hydrogen) atoms. The van der Waals surface area contributed by atoms with Crippen LogP contribution in [-0.2, 0) is 128 Å². The summed E-state index contributed by atoms with van der Waals surface area (Å²) in [5.74, 6) is -10.5. The van der Waals surface area contributed by atoms with Crippen LogP contribution in [0.2, 0.25) is 0 Å². The van der Waals surface area contributed by atoms with Crippen molar-refractivity contribution in [1.29, 1.82) is 0 Å². The Morgan fingerprint density at radius 1 is 0.315 bits per heavy atom. The van der Waals surface area contributed by atoms with Crippen LogP contribution in [0.3, 0.4) is 0 Å². The number of carbonyl (C=O) groups is 6. The molecule has 11 aliphatic heterocycles. The molecular weight excluding hydrogens is 1960 g/mol. The maximum absolute atomic E-state index is 13.4. The number of rotatable bonds is 39. The van der Waals surface area contributed by atoms with Crippen LogP contribution in [0.1, 0.15) is 41.0 Å². The fraction of sp³-hybridized carbons (Fsp3) is 0.924. The Hall–Kier alpha value is -5.26. The number of carboxylic acids is 1. The largest absolute Gasteiger partial charge is 0.477 e. The zero-order chi connectivity index (χ0) is 106. The molecule has 0 saturated carbocycles. The van der Waals surface area contributed by atoms with Gasteiger partial charge in [0.2, 0.25) is 29.5 Å². The van der Waals surface area contributed by atoms with E-state index in [0.717, 1.165) is 27.7 Å². The third-order valence-electron chi connectivity index (χ3n) is 26.0. The first kappa shape index (κ1) is 118. The number of carboxylic acid groups (broad SMARTS) is 1. The van der Waals surface area contributed by atoms with Gasteiger partial charge in [0.15, 0.2) is 62.9 Å². The van der Waals surface area contributed by atoms with Gasteiger partial charge in [0, 0.05) is 34.1 Å². The molecule has 11 rings (SSSR count). The van der Waals surface area contributed by atoms with E-state index in [1.807, 2.05) is 0 Å². The van der Waals surface area contributed by atoms with Crippen LogP contribution in [0.15, 0.2) is 0 Å². The molecule has 1 unspecified atom stereocenters. The standard InChI is InChI=1S/C79H131N5O59/c1-18-40(100)51(111)56(116)72(126-18)123-16-33-63(47(107)36(68(120)127-33)80-19(2)93)136-69-37(81-20(3)94)48(108)62(30(13-91)131-69)139-75-59(119)65(46(106)31(134-75)15-124-76-66(54(114)43(103)26(9-87)129-76)141-70-38(82-21(4)95)49(109)60(28(11-89)132-70)137-73-57(117)52(112)42(102)25(8-86)128-73)140-77-67(55(115)44(104)27(10-88)130-77)142-71-39(83-22(5)96)50(110)61(29(12-90)133-71)138-74-58(118)53(113)45(105)32(135-74)17-125-79(78(121)122)6-23(97)35(84-34(99)14-92)64(143-79)41(101)24(98)7-85/h18,23-33,35-77,85-92,97-98,100-120H,6-17H2,1-5H3,(H,80,93)(H,81,94)(H,82,95)(H,83,96)(H,84,99)(H,121,122)/t18-,23-,24+,25+,26+,27+,28+,29+,30+,31+,32+,33+,35+,36+,37+,38+,39-,40+,41+,42-,43+,44+,45-,46+,47+,48+,49+,50+,51+,52-,53-,54-,55-,56-,57+,58+,59-,60+,61+,62+,63+,64+,65-,66-,67-,68?,69-,70-,71-,72+,73-,74-,75-,76-,77+,79+/m0/s1. The van der Waals surface area contributed by atoms with E-state index < -0.39 is 458 Å². The molecule has 0 aromatic carbocycles. The Morgan fingerprint density at radius 3 is 1.08 bits per heavy atom. The van der Waals surface area contributed by atoms with Gasteiger partial charge in [0.25, 0.3) is 5.79 Å². The monoisotopic (exact) mass is 2090 g/mol. The highest BCUT2D eigenvalue weighted by Gasteiger charge is 2.64. The Labute approximate surface area is 808 Å². The van der Waals surface area contributed by atoms with Crippen LogP contribution in [0.4, 0.5) is 0 Å². The Bertz CT molecular complexity index is 4030. The third kappa shape index (κ3) is 26.4. The third-order valence-corrected chi connectivity index (χ3v) is 26.0. The van der Waals surface area contributed by atoms with Gasteiger partial charge >= 0.3 is 5.97 Å². The Balaban J connectivity index is 0.907. The van der Waals surface area contributed by atoms with Crippen LogP contribution < -0.4 is 26.6 Å². The van der Waals surface area contributed by atoms with E-state index in [9.17, 15) is 192 Å². The quantitative estimate of drug-likeness (QED) is 0.0272. The Kier molecular flexibility index (Phi) is 42.3. The lowest BCUT2D eigenvalue weighted by Crippen LogP contribution is -2.71. The number of carbonyl (C=O) groups excluding carboxylic acids is 5. The second kappa shape index (κ2) is 51.2. The van der Waals surface area contributed by atoms with Gasteiger partial charge in [-0.3, -0.25) is 24.0 Å². The van der Waals surface area contributed by atoms with Crippen molar-refractivity contribution < 1.29 is 292 Å². The molecule has 0 aromatic rings. The van der Waals surface area contributed by atoms with Crippen LogP contribution in [0.25, 0.3) is 0 Å². The van der Waals surface area contributed by atoms with Crippen molar-refractivity contribution >= 4 is 35.5 Å². The summed E-state index contributed by atoms with van der Waals surface area (Å²) in [4.78, 5) is 77.6. The number of hydrogen-bond acceptors (Lipinski definition) is 58. The van der Waals surface area contributed by atoms with Crippen molar-refractivity contribution in [3.63, 3.8) is 0 Å². The molecule has 0 bridgehead atoms. The number of aliphatic hydroxyl groups is 31. The highest BCUT2D eigenvalue weighted by molar-refractivity contribution is 5.78. The van der Waals surface area contributed by atoms with Crippen LogP contribution >= 0.6 is 0 Å². The van der Waals surface area contributed by atoms with Gasteiger partial charge in [-0.05, 0) is 6.92 Å². The molecule has 11 fully saturated rings. The average Bonchev–Trinajstić information content (AvgIpc) is 0.762. The number of nitrogens with one attached hydrogen (secondary N) is 5. The topological polar surface area (TPSA) is 1000 Å². The summed E-state index contributed by atoms with van der Waals surface area (Å²) in [6.07, 6.45) is -110. The van der Waals surface area contributed by atoms with Gasteiger partial charge < -0.3 is 289 Å². The molecule has 826 valence electrons. The van der Waals surface area contributed by atoms with E-state index >= 15 is 0 Å². The number of hydrogen-bond donors (Lipinski definition) is 37. The molecule has 11 saturated heterocycles. The first-order chi connectivity index (χ1) is 67.5. The summed E-state index contributed by atoms with van der Waals surface area (Å²) in [7, 11) is 0. The molecule has 0 spiro atoms. The van der Waals surface area contributed by atoms with Gasteiger partial charge in [-0.25, -0.2) is 4.79 Å². The lowest BCUT2D eigenvalue weighted by atomic mass is 9.88. The average molecular weight is 2090 g/mol. The highest BCUT2D eigenvalue weighted by Crippen LogP contribution is 2.43. The van der Waals surface area contributed by atoms with Gasteiger partial charge in [-0.15, -0.1) is 0 Å². The molecule has 11 aliphatic rings. The summed E-state index contributed by atoms with van der Waals surface area (Å²) in [6, 6.07) is -9.89. The molecule has 11 heterocycles. The van der Waals surface area contributed by atoms with Crippen molar-refractivity contribution in [3.8, 4) is 0 Å². The SMILES string of the molecule is CC(=O)N[C@@H]1[C@H](O[C@@H]2[C@@H](O[C@@H]3[C@H](O)[C@H](O[C@H]4[C@H](O)[C@@H](NC(C)=O)[C@H](O[C@H]5[C@H](O)[C@@H](NC(C)=O)C(O)O[C@@H]5CO[C@@H]5O[C@@H](C)[C@@H](O)[C@@H](O)[C@@H]5O)O[C@@H]4CO)O[C@H](CO[C@H]4O[C@H](CO)[C@@H](O)[C@H](O)[C@@H]4O[C@@H]4O[C@H](CO)[C@@H](O[C@@H]5O[C@H](CO)[C@H](O)[C@H](O)[C@H]5O)[C@H](O)[C@H]4NC(C)=O)[C@H]3O)O[C@H](CO)[C@@H](O)[C@@H]2O)O[C@H](CO)[C@@H](O[C@@H]2O[C@H](CO[C@]3(C(=O)O)C[C@H](O)[C@@H](NC(=O)CO)[C@H]([C@H](O)[C@H](O)CO)O3)[C@H](O)[C@H](O)[C@H]2O)[C@@H]1O. The fourth-order valence-corrected chi connectivity index (χ4v) is 18.3. The number of ether oxygens (including phenoxy) is 21. The second-order valence-electron chi connectivity index (χ2n) is 36.0. The molecule has 56 atom stereocenters. The molecular formula is C79H131N5O59. The predicted molar refractivity (Wildman–Crippen MR) is 438 cm³/mol. The normalized spacial score (nSPS) is 47.8. The molecule has 0 radical (unpaired) electrons. The van der Waals surface area contributed by atoms with Gasteiger partial charge in [0.1, 0.15) is 263 Å². The minimum atomic E-state index is -3.19. The van der Waals surface area contributed by atoms with E-state index in [1.54, 1.807) is 0 Å². The van der Waals surface area contributed by atoms with Crippen molar-refractivity contribution in [1.82, 2.24) is 26.6 Å². The first-order valence-electron chi connectivity index (χ1n) is 45.3. The number of aliphatic hydroxyl groups excluding tert-OH is 31. The molecule has 37 N–H and O–H groups in total. The summed E-state index contributed by atoms with van der Waals surface area (Å²) in [5.41, 5.74) is 0. The number of amides is 5. The lowest BCUT2D eigenvalue weighted by Gasteiger charge is -2.51. The minimum absolute atomic E-state index is 0.840. The van der Waals surface area contributed by atoms with Crippen molar-refractivity contribution in [2.75, 3.05) is 72.7 Å². The molecule has 5 amide bonds. The zero-order valence-corrected chi connectivity index (χ0v) is 76.6. The van der Waals surface area contributed by atoms with E-state index in [0.29, 0.717) is 0 Å². The minimum Gasteiger partial charge on any atom is -0.477 e. The predicted octanol–water partition coefficient (Wildman–Crippen LogP) is -25.1. The fourth-order valence-electron chi connectivity index (χ4n) is 18.3. The summed E-state index contributed by atoms with van der Waals surface area (Å²) in [6.45, 7) is -8.34. The van der Waals surface area contributed by atoms with Crippen molar-refractivity contribution in [2.24, 2.45) is 0 Å². The maximum atomic E-state index is 13.4.